The van der Waals surface area contributed by atoms with Crippen molar-refractivity contribution in [3.8, 4) is 0 Å². The van der Waals surface area contributed by atoms with E-state index in [1.54, 1.807) is 0 Å². The van der Waals surface area contributed by atoms with Crippen molar-refractivity contribution >= 4 is 28.8 Å². The monoisotopic (exact) mass is 263 g/mol. The molecule has 1 atom stereocenters. The van der Waals surface area contributed by atoms with Crippen LogP contribution in [-0.4, -0.2) is 10.1 Å². The van der Waals surface area contributed by atoms with Crippen LogP contribution in [0.25, 0.3) is 0 Å². The number of alkyl halides is 1. The van der Waals surface area contributed by atoms with Crippen molar-refractivity contribution in [3.63, 3.8) is 0 Å². The summed E-state index contributed by atoms with van der Waals surface area (Å²) in [6.07, 6.45) is 8.45. The highest BCUT2D eigenvalue weighted by Gasteiger charge is 1.85. The Morgan fingerprint density at radius 1 is 1.64 bits per heavy atom. The number of hydrogen-bond acceptors (Lipinski definition) is 1. The van der Waals surface area contributed by atoms with E-state index in [0.29, 0.717) is 3.92 Å². The van der Waals surface area contributed by atoms with Crippen LogP contribution in [-0.2, 0) is 0 Å². The molecule has 0 bridgehead atoms. The lowest BCUT2D eigenvalue weighted by Crippen LogP contribution is -1.81. The van der Waals surface area contributed by atoms with E-state index in [1.165, 1.54) is 6.21 Å². The van der Waals surface area contributed by atoms with Gasteiger partial charge in [0.25, 0.3) is 0 Å². The Hall–Kier alpha value is -0.120. The van der Waals surface area contributed by atoms with E-state index in [2.05, 4.69) is 42.5 Å². The molecule has 1 unspecified atom stereocenters. The molecule has 1 N–H and O–H groups in total. The van der Waals surface area contributed by atoms with Crippen molar-refractivity contribution in [2.75, 3.05) is 0 Å². The summed E-state index contributed by atoms with van der Waals surface area (Å²) in [5.74, 6) is 0. The fraction of sp³-hybridized carbons (Fsp3) is 0.444. The van der Waals surface area contributed by atoms with E-state index in [1.807, 2.05) is 12.2 Å². The predicted octanol–water partition coefficient (Wildman–Crippen LogP) is 3.35. The van der Waals surface area contributed by atoms with Crippen molar-refractivity contribution in [3.05, 3.63) is 23.8 Å². The Balaban J connectivity index is 3.97. The zero-order valence-electron chi connectivity index (χ0n) is 6.97. The molecule has 0 aliphatic carbocycles. The molecule has 0 saturated carbocycles. The number of rotatable bonds is 4. The van der Waals surface area contributed by atoms with Gasteiger partial charge in [-0.1, -0.05) is 47.7 Å². The Bertz CT molecular complexity index is 168. The van der Waals surface area contributed by atoms with E-state index in [4.69, 9.17) is 5.41 Å². The Kier molecular flexibility index (Phi) is 6.51. The van der Waals surface area contributed by atoms with Gasteiger partial charge in [0.1, 0.15) is 0 Å². The second kappa shape index (κ2) is 6.58. The molecule has 0 aliphatic rings. The van der Waals surface area contributed by atoms with Crippen molar-refractivity contribution in [2.45, 2.75) is 24.2 Å². The van der Waals surface area contributed by atoms with E-state index >= 15 is 0 Å². The molecule has 0 radical (unpaired) electrons. The van der Waals surface area contributed by atoms with Gasteiger partial charge in [-0.05, 0) is 18.9 Å². The average molecular weight is 263 g/mol. The fourth-order valence-electron chi connectivity index (χ4n) is 0.600. The summed E-state index contributed by atoms with van der Waals surface area (Å²) in [7, 11) is 0. The molecular formula is C9H14IN. The van der Waals surface area contributed by atoms with Gasteiger partial charge in [-0.3, -0.25) is 0 Å². The van der Waals surface area contributed by atoms with Gasteiger partial charge in [-0.15, -0.1) is 0 Å². The molecule has 0 aromatic heterocycles. The summed E-state index contributed by atoms with van der Waals surface area (Å²) >= 11 is 2.34. The molecular weight excluding hydrogens is 249 g/mol. The van der Waals surface area contributed by atoms with Crippen molar-refractivity contribution in [2.24, 2.45) is 0 Å². The van der Waals surface area contributed by atoms with Crippen LogP contribution in [0.5, 0.6) is 0 Å². The van der Waals surface area contributed by atoms with Gasteiger partial charge in [0.15, 0.2) is 0 Å². The third-order valence-electron chi connectivity index (χ3n) is 1.28. The molecule has 11 heavy (non-hydrogen) atoms. The van der Waals surface area contributed by atoms with Gasteiger partial charge >= 0.3 is 0 Å². The average Bonchev–Trinajstić information content (AvgIpc) is 1.98. The molecule has 1 nitrogen and oxygen atoms in total. The van der Waals surface area contributed by atoms with Crippen LogP contribution >= 0.6 is 22.6 Å². The second-order valence-electron chi connectivity index (χ2n) is 2.30. The molecule has 0 amide bonds. The van der Waals surface area contributed by atoms with Crippen molar-refractivity contribution in [1.29, 1.82) is 5.41 Å². The zero-order valence-corrected chi connectivity index (χ0v) is 9.13. The first-order chi connectivity index (χ1) is 5.20. The lowest BCUT2D eigenvalue weighted by Gasteiger charge is -1.91. The Morgan fingerprint density at radius 3 is 2.64 bits per heavy atom. The molecule has 0 aromatic rings. The number of allylic oxidation sites excluding steroid dienone is 4. The molecule has 0 fully saturated rings. The van der Waals surface area contributed by atoms with E-state index in [0.717, 1.165) is 12.0 Å². The van der Waals surface area contributed by atoms with Gasteiger partial charge in [0, 0.05) is 10.1 Å². The number of nitrogens with one attached hydrogen (secondary N) is 1. The molecule has 0 rings (SSSR count). The molecule has 0 spiro atoms. The minimum absolute atomic E-state index is 0.563. The van der Waals surface area contributed by atoms with Crippen LogP contribution in [0.1, 0.15) is 20.3 Å². The maximum absolute atomic E-state index is 7.02. The van der Waals surface area contributed by atoms with Crippen molar-refractivity contribution in [1.82, 2.24) is 0 Å². The topological polar surface area (TPSA) is 23.9 Å². The SMILES string of the molecule is CC/C(C=N)=C/C=C/C(C)I. The first-order valence-electron chi connectivity index (χ1n) is 3.72. The van der Waals surface area contributed by atoms with Gasteiger partial charge in [-0.25, -0.2) is 0 Å². The number of halogens is 1. The maximum Gasteiger partial charge on any atom is 0.0264 e. The largest absolute Gasteiger partial charge is 0.308 e. The third kappa shape index (κ3) is 6.28. The standard InChI is InChI=1S/C9H14IN/c1-3-9(7-11)6-4-5-8(2)10/h4-8,11H,3H2,1-2H3/b5-4+,9-6-,11-7?. The van der Waals surface area contributed by atoms with Gasteiger partial charge in [0.05, 0.1) is 0 Å². The van der Waals surface area contributed by atoms with Crippen LogP contribution in [0.15, 0.2) is 23.8 Å². The van der Waals surface area contributed by atoms with Crippen LogP contribution in [0.2, 0.25) is 0 Å². The van der Waals surface area contributed by atoms with Gasteiger partial charge in [0.2, 0.25) is 0 Å². The highest BCUT2D eigenvalue weighted by Crippen LogP contribution is 2.01. The van der Waals surface area contributed by atoms with Gasteiger partial charge in [-0.2, -0.15) is 0 Å². The molecule has 2 heteroatoms. The summed E-state index contributed by atoms with van der Waals surface area (Å²) < 4.78 is 0.563. The minimum Gasteiger partial charge on any atom is -0.308 e. The molecule has 0 aromatic carbocycles. The normalized spacial score (nSPS) is 15.4. The molecule has 0 aliphatic heterocycles. The van der Waals surface area contributed by atoms with Crippen LogP contribution in [0, 0.1) is 5.41 Å². The third-order valence-corrected chi connectivity index (χ3v) is 1.70. The minimum atomic E-state index is 0.563. The first kappa shape index (κ1) is 10.9. The second-order valence-corrected chi connectivity index (χ2v) is 4.27. The van der Waals surface area contributed by atoms with Crippen LogP contribution < -0.4 is 0 Å². The highest BCUT2D eigenvalue weighted by atomic mass is 127. The molecule has 62 valence electrons. The summed E-state index contributed by atoms with van der Waals surface area (Å²) in [6.45, 7) is 4.18. The summed E-state index contributed by atoms with van der Waals surface area (Å²) in [6, 6.07) is 0. The van der Waals surface area contributed by atoms with E-state index in [9.17, 15) is 0 Å². The highest BCUT2D eigenvalue weighted by molar-refractivity contribution is 14.1. The zero-order chi connectivity index (χ0) is 8.69. The van der Waals surface area contributed by atoms with E-state index in [-0.39, 0.29) is 0 Å². The molecule has 0 heterocycles. The summed E-state index contributed by atoms with van der Waals surface area (Å²) in [4.78, 5) is 0. The van der Waals surface area contributed by atoms with Crippen molar-refractivity contribution < 1.29 is 0 Å². The van der Waals surface area contributed by atoms with E-state index < -0.39 is 0 Å². The number of hydrogen-bond donors (Lipinski definition) is 1. The first-order valence-corrected chi connectivity index (χ1v) is 4.97. The lowest BCUT2D eigenvalue weighted by molar-refractivity contribution is 1.17. The van der Waals surface area contributed by atoms with Gasteiger partial charge < -0.3 is 5.41 Å². The smallest absolute Gasteiger partial charge is 0.0264 e. The fourth-order valence-corrected chi connectivity index (χ4v) is 0.840. The van der Waals surface area contributed by atoms with Crippen LogP contribution in [0.3, 0.4) is 0 Å². The summed E-state index contributed by atoms with van der Waals surface area (Å²) in [5, 5.41) is 7.02. The predicted molar refractivity (Wildman–Crippen MR) is 59.8 cm³/mol. The molecule has 0 saturated heterocycles. The van der Waals surface area contributed by atoms with Crippen LogP contribution in [0.4, 0.5) is 0 Å². The Morgan fingerprint density at radius 2 is 2.27 bits per heavy atom. The summed E-state index contributed by atoms with van der Waals surface area (Å²) in [5.41, 5.74) is 1.07. The maximum atomic E-state index is 7.02. The quantitative estimate of drug-likeness (QED) is 0.348. The lowest BCUT2D eigenvalue weighted by atomic mass is 10.2. The Labute approximate surface area is 82.2 Å².